The van der Waals surface area contributed by atoms with Crippen molar-refractivity contribution in [2.24, 2.45) is 7.05 Å². The number of anilines is 3. The van der Waals surface area contributed by atoms with Gasteiger partial charge in [-0.15, -0.1) is 0 Å². The molecule has 1 aromatic carbocycles. The van der Waals surface area contributed by atoms with Crippen LogP contribution in [0.25, 0.3) is 10.6 Å². The molecule has 4 rings (SSSR count). The Hall–Kier alpha value is -3.15. The van der Waals surface area contributed by atoms with Crippen LogP contribution in [0.1, 0.15) is 23.3 Å². The van der Waals surface area contributed by atoms with E-state index in [1.807, 2.05) is 0 Å². The lowest BCUT2D eigenvalue weighted by atomic mass is 10.1. The van der Waals surface area contributed by atoms with Crippen LogP contribution in [0.3, 0.4) is 0 Å². The third-order valence-corrected chi connectivity index (χ3v) is 5.90. The summed E-state index contributed by atoms with van der Waals surface area (Å²) in [7, 11) is 1.63. The minimum atomic E-state index is -2.72. The minimum Gasteiger partial charge on any atom is -0.389 e. The maximum Gasteiger partial charge on any atom is 0.277 e. The maximum absolute atomic E-state index is 14.1. The highest BCUT2D eigenvalue weighted by Gasteiger charge is 2.35. The zero-order chi connectivity index (χ0) is 22.3. The molecule has 0 radical (unpaired) electrons. The van der Waals surface area contributed by atoms with Gasteiger partial charge in [0.1, 0.15) is 27.3 Å². The first-order chi connectivity index (χ1) is 14.7. The van der Waals surface area contributed by atoms with Crippen LogP contribution in [0.15, 0.2) is 24.4 Å². The Kier molecular flexibility index (Phi) is 5.33. The number of nitrogens with zero attached hydrogens (tertiary/aromatic N) is 4. The average molecular weight is 454 g/mol. The molecular formula is C19H18F4N6OS. The molecule has 1 aliphatic heterocycles. The number of nitrogens with one attached hydrogen (secondary N) is 1. The van der Waals surface area contributed by atoms with E-state index in [0.717, 1.165) is 23.5 Å². The summed E-state index contributed by atoms with van der Waals surface area (Å²) in [4.78, 5) is 18.5. The van der Waals surface area contributed by atoms with Crippen LogP contribution >= 0.6 is 11.3 Å². The van der Waals surface area contributed by atoms with Crippen molar-refractivity contribution in [1.82, 2.24) is 14.8 Å². The van der Waals surface area contributed by atoms with Gasteiger partial charge in [0.25, 0.3) is 11.8 Å². The number of thiazole rings is 1. The number of aromatic nitrogens is 3. The first-order valence-corrected chi connectivity index (χ1v) is 10.1. The second-order valence-electron chi connectivity index (χ2n) is 7.13. The van der Waals surface area contributed by atoms with Gasteiger partial charge in [0.15, 0.2) is 11.5 Å². The summed E-state index contributed by atoms with van der Waals surface area (Å²) >= 11 is 0.783. The van der Waals surface area contributed by atoms with E-state index in [1.165, 1.54) is 16.9 Å². The number of hydrogen-bond acceptors (Lipinski definition) is 6. The lowest BCUT2D eigenvalue weighted by Crippen LogP contribution is -2.40. The molecule has 0 unspecified atom stereocenters. The fourth-order valence-electron chi connectivity index (χ4n) is 3.43. The Balaban J connectivity index is 1.59. The van der Waals surface area contributed by atoms with Crippen molar-refractivity contribution in [3.8, 4) is 10.6 Å². The van der Waals surface area contributed by atoms with E-state index in [2.05, 4.69) is 15.4 Å². The van der Waals surface area contributed by atoms with Crippen LogP contribution in [0.4, 0.5) is 34.1 Å². The van der Waals surface area contributed by atoms with Crippen molar-refractivity contribution in [1.29, 1.82) is 0 Å². The third-order valence-electron chi connectivity index (χ3n) is 5.00. The van der Waals surface area contributed by atoms with Crippen molar-refractivity contribution in [2.75, 3.05) is 29.0 Å². The number of amides is 1. The summed E-state index contributed by atoms with van der Waals surface area (Å²) in [5, 5.41) is 6.64. The Morgan fingerprint density at radius 3 is 2.52 bits per heavy atom. The molecule has 0 atom stereocenters. The van der Waals surface area contributed by atoms with Gasteiger partial charge in [-0.05, 0) is 12.1 Å². The van der Waals surface area contributed by atoms with Gasteiger partial charge in [0.05, 0.1) is 11.8 Å². The number of halogens is 4. The van der Waals surface area contributed by atoms with Gasteiger partial charge >= 0.3 is 0 Å². The van der Waals surface area contributed by atoms with E-state index < -0.39 is 23.5 Å². The summed E-state index contributed by atoms with van der Waals surface area (Å²) < 4.78 is 56.6. The molecule has 12 heteroatoms. The summed E-state index contributed by atoms with van der Waals surface area (Å²) in [6, 6.07) is 3.39. The van der Waals surface area contributed by atoms with Crippen molar-refractivity contribution in [3.05, 3.63) is 41.7 Å². The van der Waals surface area contributed by atoms with Gasteiger partial charge in [-0.25, -0.2) is 22.5 Å². The number of hydrogen-bond donors (Lipinski definition) is 2. The molecule has 31 heavy (non-hydrogen) atoms. The maximum atomic E-state index is 14.1. The Labute approximate surface area is 178 Å². The highest BCUT2D eigenvalue weighted by Crippen LogP contribution is 2.36. The number of alkyl halides is 2. The summed E-state index contributed by atoms with van der Waals surface area (Å²) in [5.74, 6) is -4.59. The molecule has 0 aliphatic carbocycles. The molecule has 0 spiro atoms. The molecule has 3 aromatic rings. The van der Waals surface area contributed by atoms with Crippen LogP contribution in [0.2, 0.25) is 0 Å². The molecule has 3 N–H and O–H groups in total. The van der Waals surface area contributed by atoms with Crippen LogP contribution < -0.4 is 16.0 Å². The quantitative estimate of drug-likeness (QED) is 0.584. The zero-order valence-electron chi connectivity index (χ0n) is 16.3. The number of nitrogens with two attached hydrogens (primary N) is 1. The lowest BCUT2D eigenvalue weighted by molar-refractivity contribution is -0.0222. The van der Waals surface area contributed by atoms with Gasteiger partial charge in [-0.2, -0.15) is 5.10 Å². The van der Waals surface area contributed by atoms with E-state index >= 15 is 0 Å². The van der Waals surface area contributed by atoms with E-state index in [9.17, 15) is 22.4 Å². The molecule has 1 amide bonds. The highest BCUT2D eigenvalue weighted by molar-refractivity contribution is 7.19. The van der Waals surface area contributed by atoms with E-state index in [4.69, 9.17) is 5.73 Å². The number of carbonyl (C=O) groups is 1. The molecule has 3 heterocycles. The first kappa shape index (κ1) is 21.1. The van der Waals surface area contributed by atoms with Gasteiger partial charge in [-0.1, -0.05) is 17.4 Å². The molecule has 1 fully saturated rings. The monoisotopic (exact) mass is 454 g/mol. The number of carbonyl (C=O) groups excluding carboxylic acids is 1. The predicted octanol–water partition coefficient (Wildman–Crippen LogP) is 3.89. The molecule has 1 aliphatic rings. The Morgan fingerprint density at radius 2 is 1.87 bits per heavy atom. The summed E-state index contributed by atoms with van der Waals surface area (Å²) in [6.07, 6.45) is 0.782. The topological polar surface area (TPSA) is 89.1 Å². The average Bonchev–Trinajstić information content (AvgIpc) is 3.25. The highest BCUT2D eigenvalue weighted by atomic mass is 32.1. The number of nitrogen functional groups attached to an aromatic ring is 1. The van der Waals surface area contributed by atoms with Gasteiger partial charge in [-0.3, -0.25) is 9.48 Å². The SMILES string of the molecule is Cn1ncc(NC(=O)c2nc(-c3c(F)cccc3F)sc2N)c1N1CCC(F)(F)CC1. The van der Waals surface area contributed by atoms with Crippen molar-refractivity contribution in [2.45, 2.75) is 18.8 Å². The van der Waals surface area contributed by atoms with E-state index in [0.29, 0.717) is 11.5 Å². The van der Waals surface area contributed by atoms with Crippen LogP contribution in [0.5, 0.6) is 0 Å². The third kappa shape index (κ3) is 4.07. The fraction of sp³-hybridized carbons (Fsp3) is 0.316. The number of rotatable bonds is 4. The van der Waals surface area contributed by atoms with Crippen LogP contribution in [0, 0.1) is 11.6 Å². The van der Waals surface area contributed by atoms with Gasteiger partial charge in [0.2, 0.25) is 0 Å². The molecule has 1 saturated heterocycles. The zero-order valence-corrected chi connectivity index (χ0v) is 17.1. The van der Waals surface area contributed by atoms with Gasteiger partial charge in [0, 0.05) is 33.0 Å². The molecule has 7 nitrogen and oxygen atoms in total. The minimum absolute atomic E-state index is 0.0155. The van der Waals surface area contributed by atoms with Crippen LogP contribution in [-0.4, -0.2) is 39.7 Å². The predicted molar refractivity (Wildman–Crippen MR) is 109 cm³/mol. The molecular weight excluding hydrogens is 436 g/mol. The van der Waals surface area contributed by atoms with Crippen molar-refractivity contribution in [3.63, 3.8) is 0 Å². The second kappa shape index (κ2) is 7.84. The number of benzene rings is 1. The molecule has 2 aromatic heterocycles. The number of piperidine rings is 1. The van der Waals surface area contributed by atoms with Crippen molar-refractivity contribution < 1.29 is 22.4 Å². The molecule has 0 saturated carbocycles. The first-order valence-electron chi connectivity index (χ1n) is 9.33. The fourth-order valence-corrected chi connectivity index (χ4v) is 4.30. The largest absolute Gasteiger partial charge is 0.389 e. The molecule has 0 bridgehead atoms. The van der Waals surface area contributed by atoms with E-state index in [-0.39, 0.29) is 47.2 Å². The lowest BCUT2D eigenvalue weighted by Gasteiger charge is -2.33. The smallest absolute Gasteiger partial charge is 0.277 e. The molecule has 164 valence electrons. The standard InChI is InChI=1S/C19H18F4N6OS/c1-28-18(29-7-5-19(22,23)6-8-29)12(9-25-28)26-16(30)14-15(24)31-17(27-14)13-10(20)3-2-4-11(13)21/h2-4,9H,5-8,24H2,1H3,(H,26,30). The second-order valence-corrected chi connectivity index (χ2v) is 8.16. The Bertz CT molecular complexity index is 1110. The van der Waals surface area contributed by atoms with E-state index in [1.54, 1.807) is 11.9 Å². The Morgan fingerprint density at radius 1 is 1.23 bits per heavy atom. The summed E-state index contributed by atoms with van der Waals surface area (Å²) in [5.41, 5.74) is 5.62. The van der Waals surface area contributed by atoms with Crippen LogP contribution in [-0.2, 0) is 7.05 Å². The van der Waals surface area contributed by atoms with Gasteiger partial charge < -0.3 is 16.0 Å². The van der Waals surface area contributed by atoms with Crippen molar-refractivity contribution >= 4 is 33.8 Å². The summed E-state index contributed by atoms with van der Waals surface area (Å²) in [6.45, 7) is 0.204. The normalized spacial score (nSPS) is 15.8. The number of aryl methyl sites for hydroxylation is 1.